The predicted molar refractivity (Wildman–Crippen MR) is 73.8 cm³/mol. The van der Waals surface area contributed by atoms with Crippen LogP contribution >= 0.6 is 0 Å². The van der Waals surface area contributed by atoms with E-state index in [0.29, 0.717) is 5.41 Å². The standard InChI is InChI=1S/C16H23NO/c1-12-4-5-14(8-13(12)2)16(10-18-11-16)15(9-17)6-3-7-15/h4-5,8H,3,6-7,9-11,17H2,1-2H3. The normalized spacial score (nSPS) is 24.2. The van der Waals surface area contributed by atoms with Crippen molar-refractivity contribution in [1.82, 2.24) is 0 Å². The Hall–Kier alpha value is -0.860. The molecule has 3 rings (SSSR count). The Morgan fingerprint density at radius 1 is 1.17 bits per heavy atom. The summed E-state index contributed by atoms with van der Waals surface area (Å²) in [6.07, 6.45) is 3.85. The molecule has 0 amide bonds. The Bertz CT molecular complexity index is 453. The Balaban J connectivity index is 2.03. The molecule has 1 saturated heterocycles. The quantitative estimate of drug-likeness (QED) is 0.888. The zero-order valence-electron chi connectivity index (χ0n) is 11.5. The number of hydrogen-bond acceptors (Lipinski definition) is 2. The van der Waals surface area contributed by atoms with Gasteiger partial charge in [0.1, 0.15) is 0 Å². The molecule has 2 nitrogen and oxygen atoms in total. The number of aryl methyl sites for hydroxylation is 2. The zero-order valence-corrected chi connectivity index (χ0v) is 11.5. The van der Waals surface area contributed by atoms with Gasteiger partial charge in [0, 0.05) is 5.41 Å². The SMILES string of the molecule is Cc1ccc(C2(C3(CN)CCC3)COC2)cc1C. The second-order valence-electron chi connectivity index (χ2n) is 6.21. The summed E-state index contributed by atoms with van der Waals surface area (Å²) in [6.45, 7) is 6.87. The van der Waals surface area contributed by atoms with E-state index < -0.39 is 0 Å². The molecule has 1 aliphatic carbocycles. The van der Waals surface area contributed by atoms with Crippen molar-refractivity contribution >= 4 is 0 Å². The average molecular weight is 245 g/mol. The maximum Gasteiger partial charge on any atom is 0.0591 e. The van der Waals surface area contributed by atoms with Crippen LogP contribution in [0, 0.1) is 19.3 Å². The van der Waals surface area contributed by atoms with Gasteiger partial charge in [0.05, 0.1) is 13.2 Å². The summed E-state index contributed by atoms with van der Waals surface area (Å²) in [5.41, 5.74) is 10.8. The maximum absolute atomic E-state index is 6.11. The largest absolute Gasteiger partial charge is 0.379 e. The Kier molecular flexibility index (Phi) is 2.76. The van der Waals surface area contributed by atoms with Crippen molar-refractivity contribution in [2.75, 3.05) is 19.8 Å². The van der Waals surface area contributed by atoms with E-state index in [1.165, 1.54) is 36.0 Å². The molecule has 0 radical (unpaired) electrons. The molecule has 2 aliphatic rings. The fourth-order valence-electron chi connectivity index (χ4n) is 3.61. The molecule has 1 heterocycles. The highest BCUT2D eigenvalue weighted by Gasteiger charge is 2.58. The first kappa shape index (κ1) is 12.2. The monoisotopic (exact) mass is 245 g/mol. The lowest BCUT2D eigenvalue weighted by molar-refractivity contribution is -0.154. The second kappa shape index (κ2) is 4.07. The van der Waals surface area contributed by atoms with E-state index in [0.717, 1.165) is 19.8 Å². The number of ether oxygens (including phenoxy) is 1. The topological polar surface area (TPSA) is 35.2 Å². The van der Waals surface area contributed by atoms with Crippen LogP contribution in [-0.2, 0) is 10.2 Å². The van der Waals surface area contributed by atoms with Crippen LogP contribution in [0.1, 0.15) is 36.0 Å². The molecular formula is C16H23NO. The molecule has 18 heavy (non-hydrogen) atoms. The van der Waals surface area contributed by atoms with Gasteiger partial charge in [-0.25, -0.2) is 0 Å². The van der Waals surface area contributed by atoms with Gasteiger partial charge in [-0.05, 0) is 55.3 Å². The van der Waals surface area contributed by atoms with E-state index in [4.69, 9.17) is 10.5 Å². The van der Waals surface area contributed by atoms with Crippen LogP contribution in [0.4, 0.5) is 0 Å². The highest BCUT2D eigenvalue weighted by atomic mass is 16.5. The van der Waals surface area contributed by atoms with Crippen molar-refractivity contribution in [3.8, 4) is 0 Å². The molecule has 0 bridgehead atoms. The van der Waals surface area contributed by atoms with E-state index >= 15 is 0 Å². The first-order valence-electron chi connectivity index (χ1n) is 6.99. The van der Waals surface area contributed by atoms with Gasteiger partial charge in [-0.3, -0.25) is 0 Å². The van der Waals surface area contributed by atoms with Gasteiger partial charge in [0.2, 0.25) is 0 Å². The highest BCUT2D eigenvalue weighted by Crippen LogP contribution is 2.57. The third-order valence-electron chi connectivity index (χ3n) is 5.47. The zero-order chi connectivity index (χ0) is 12.8. The summed E-state index contributed by atoms with van der Waals surface area (Å²) in [6, 6.07) is 6.89. The van der Waals surface area contributed by atoms with Crippen LogP contribution in [0.2, 0.25) is 0 Å². The first-order chi connectivity index (χ1) is 8.63. The van der Waals surface area contributed by atoms with Crippen LogP contribution in [-0.4, -0.2) is 19.8 Å². The minimum absolute atomic E-state index is 0.193. The lowest BCUT2D eigenvalue weighted by atomic mass is 9.49. The van der Waals surface area contributed by atoms with E-state index in [1.54, 1.807) is 0 Å². The molecule has 1 aliphatic heterocycles. The average Bonchev–Trinajstić information content (AvgIpc) is 2.25. The molecular weight excluding hydrogens is 222 g/mol. The minimum Gasteiger partial charge on any atom is -0.379 e. The number of benzene rings is 1. The van der Waals surface area contributed by atoms with Gasteiger partial charge in [0.25, 0.3) is 0 Å². The van der Waals surface area contributed by atoms with Crippen LogP contribution < -0.4 is 5.73 Å². The van der Waals surface area contributed by atoms with Crippen molar-refractivity contribution in [2.24, 2.45) is 11.1 Å². The molecule has 2 heteroatoms. The number of rotatable bonds is 3. The smallest absolute Gasteiger partial charge is 0.0591 e. The summed E-state index contributed by atoms with van der Waals surface area (Å²) >= 11 is 0. The molecule has 0 aromatic heterocycles. The van der Waals surface area contributed by atoms with Gasteiger partial charge in [-0.2, -0.15) is 0 Å². The van der Waals surface area contributed by atoms with E-state index in [2.05, 4.69) is 32.0 Å². The third-order valence-corrected chi connectivity index (χ3v) is 5.47. The lowest BCUT2D eigenvalue weighted by Crippen LogP contribution is -2.64. The molecule has 2 N–H and O–H groups in total. The Morgan fingerprint density at radius 3 is 2.28 bits per heavy atom. The van der Waals surface area contributed by atoms with Crippen LogP contribution in [0.5, 0.6) is 0 Å². The Labute approximate surface area is 110 Å². The summed E-state index contributed by atoms with van der Waals surface area (Å²) in [5, 5.41) is 0. The molecule has 0 spiro atoms. The summed E-state index contributed by atoms with van der Waals surface area (Å²) in [7, 11) is 0. The van der Waals surface area contributed by atoms with Crippen molar-refractivity contribution in [2.45, 2.75) is 38.5 Å². The van der Waals surface area contributed by atoms with Crippen LogP contribution in [0.3, 0.4) is 0 Å². The molecule has 1 aromatic carbocycles. The predicted octanol–water partition coefficient (Wildman–Crippen LogP) is 2.70. The number of nitrogens with two attached hydrogens (primary N) is 1. The fourth-order valence-corrected chi connectivity index (χ4v) is 3.61. The van der Waals surface area contributed by atoms with Gasteiger partial charge < -0.3 is 10.5 Å². The Morgan fingerprint density at radius 2 is 1.89 bits per heavy atom. The summed E-state index contributed by atoms with van der Waals surface area (Å²) < 4.78 is 5.59. The van der Waals surface area contributed by atoms with Gasteiger partial charge >= 0.3 is 0 Å². The van der Waals surface area contributed by atoms with Gasteiger partial charge in [-0.15, -0.1) is 0 Å². The van der Waals surface area contributed by atoms with E-state index in [-0.39, 0.29) is 5.41 Å². The van der Waals surface area contributed by atoms with Crippen LogP contribution in [0.15, 0.2) is 18.2 Å². The van der Waals surface area contributed by atoms with E-state index in [9.17, 15) is 0 Å². The molecule has 1 saturated carbocycles. The number of hydrogen-bond donors (Lipinski definition) is 1. The molecule has 0 unspecified atom stereocenters. The fraction of sp³-hybridized carbons (Fsp3) is 0.625. The van der Waals surface area contributed by atoms with Crippen molar-refractivity contribution in [1.29, 1.82) is 0 Å². The van der Waals surface area contributed by atoms with E-state index in [1.807, 2.05) is 0 Å². The second-order valence-corrected chi connectivity index (χ2v) is 6.21. The van der Waals surface area contributed by atoms with Gasteiger partial charge in [-0.1, -0.05) is 24.6 Å². The van der Waals surface area contributed by atoms with Crippen molar-refractivity contribution < 1.29 is 4.74 Å². The first-order valence-corrected chi connectivity index (χ1v) is 6.99. The molecule has 0 atom stereocenters. The van der Waals surface area contributed by atoms with Crippen LogP contribution in [0.25, 0.3) is 0 Å². The lowest BCUT2D eigenvalue weighted by Gasteiger charge is -2.60. The maximum atomic E-state index is 6.11. The third kappa shape index (κ3) is 1.42. The highest BCUT2D eigenvalue weighted by molar-refractivity contribution is 5.39. The van der Waals surface area contributed by atoms with Crippen molar-refractivity contribution in [3.63, 3.8) is 0 Å². The molecule has 2 fully saturated rings. The minimum atomic E-state index is 0.193. The summed E-state index contributed by atoms with van der Waals surface area (Å²) in [5.74, 6) is 0. The molecule has 1 aromatic rings. The summed E-state index contributed by atoms with van der Waals surface area (Å²) in [4.78, 5) is 0. The van der Waals surface area contributed by atoms with Gasteiger partial charge in [0.15, 0.2) is 0 Å². The molecule has 98 valence electrons. The van der Waals surface area contributed by atoms with Crippen molar-refractivity contribution in [3.05, 3.63) is 34.9 Å².